The average molecular weight is 849 g/mol. The molecule has 0 N–H and O–H groups in total. The zero-order valence-corrected chi connectivity index (χ0v) is 35.7. The maximum atomic E-state index is 5.40. The Kier molecular flexibility index (Phi) is 9.58. The van der Waals surface area contributed by atoms with E-state index in [0.29, 0.717) is 34.9 Å². The van der Waals surface area contributed by atoms with Crippen LogP contribution in [0.4, 0.5) is 0 Å². The lowest BCUT2D eigenvalue weighted by Crippen LogP contribution is -2.02. The topological polar surface area (TPSA) is 77.3 Å². The highest BCUT2D eigenvalue weighted by molar-refractivity contribution is 7.26. The van der Waals surface area contributed by atoms with Crippen LogP contribution in [0.25, 0.3) is 122 Å². The number of hydrogen-bond acceptors (Lipinski definition) is 7. The van der Waals surface area contributed by atoms with Crippen LogP contribution in [0.2, 0.25) is 0 Å². The third-order valence-electron chi connectivity index (χ3n) is 11.8. The quantitative estimate of drug-likeness (QED) is 0.152. The Bertz CT molecular complexity index is 3700. The summed E-state index contributed by atoms with van der Waals surface area (Å²) in [7, 11) is 0. The molecule has 0 unspecified atom stereocenters. The van der Waals surface area contributed by atoms with Crippen molar-refractivity contribution in [2.75, 3.05) is 0 Å². The van der Waals surface area contributed by atoms with Crippen LogP contribution >= 0.6 is 11.3 Å². The van der Waals surface area contributed by atoms with Gasteiger partial charge in [0.1, 0.15) is 0 Å². The fraction of sp³-hybridized carbons (Fsp3) is 0. The lowest BCUT2D eigenvalue weighted by atomic mass is 9.94. The van der Waals surface area contributed by atoms with Gasteiger partial charge in [-0.2, -0.15) is 0 Å². The third kappa shape index (κ3) is 7.10. The maximum absolute atomic E-state index is 5.40. The van der Waals surface area contributed by atoms with E-state index in [1.165, 1.54) is 4.70 Å². The van der Waals surface area contributed by atoms with E-state index in [0.717, 1.165) is 81.9 Å². The lowest BCUT2D eigenvalue weighted by molar-refractivity contribution is 1.07. The van der Waals surface area contributed by atoms with Crippen molar-refractivity contribution in [3.63, 3.8) is 0 Å². The van der Waals surface area contributed by atoms with Gasteiger partial charge in [0.05, 0.1) is 0 Å². The van der Waals surface area contributed by atoms with Gasteiger partial charge in [0.25, 0.3) is 0 Å². The SMILES string of the molecule is c1ccc(-c2nc(-c3ccc(-c4ccc5sc6ccccc6c5c4-c4nc(-c5ccccc5)nc(-c5cccc6ccccc56)n4)cc3)nc(-c3ccccc3-c3ccccc3)n2)cc1. The van der Waals surface area contributed by atoms with Crippen molar-refractivity contribution in [1.29, 1.82) is 0 Å². The molecule has 6 nitrogen and oxygen atoms in total. The van der Waals surface area contributed by atoms with E-state index in [-0.39, 0.29) is 0 Å². The van der Waals surface area contributed by atoms with Gasteiger partial charge in [0.2, 0.25) is 0 Å². The van der Waals surface area contributed by atoms with Crippen LogP contribution in [0.1, 0.15) is 0 Å². The van der Waals surface area contributed by atoms with Crippen LogP contribution in [-0.2, 0) is 0 Å². The molecule has 304 valence electrons. The minimum atomic E-state index is 0.590. The molecule has 7 heteroatoms. The normalized spacial score (nSPS) is 11.4. The van der Waals surface area contributed by atoms with Crippen molar-refractivity contribution in [3.8, 4) is 90.6 Å². The zero-order valence-electron chi connectivity index (χ0n) is 34.9. The summed E-state index contributed by atoms with van der Waals surface area (Å²) in [6, 6.07) is 75.2. The predicted octanol–water partition coefficient (Wildman–Crippen LogP) is 14.9. The van der Waals surface area contributed by atoms with Crippen LogP contribution in [0.5, 0.6) is 0 Å². The van der Waals surface area contributed by atoms with Crippen molar-refractivity contribution < 1.29 is 0 Å². The summed E-state index contributed by atoms with van der Waals surface area (Å²) >= 11 is 1.78. The van der Waals surface area contributed by atoms with E-state index in [4.69, 9.17) is 29.9 Å². The van der Waals surface area contributed by atoms with Crippen molar-refractivity contribution in [3.05, 3.63) is 218 Å². The first-order valence-corrected chi connectivity index (χ1v) is 22.3. The minimum absolute atomic E-state index is 0.590. The summed E-state index contributed by atoms with van der Waals surface area (Å²) in [6.45, 7) is 0. The van der Waals surface area contributed by atoms with Crippen molar-refractivity contribution >= 4 is 42.3 Å². The Labute approximate surface area is 379 Å². The number of benzene rings is 9. The van der Waals surface area contributed by atoms with E-state index in [2.05, 4.69) is 158 Å². The molecular formula is C58H36N6S. The molecule has 0 amide bonds. The molecular weight excluding hydrogens is 813 g/mol. The van der Waals surface area contributed by atoms with Gasteiger partial charge < -0.3 is 0 Å². The molecule has 0 atom stereocenters. The lowest BCUT2D eigenvalue weighted by Gasteiger charge is -2.15. The largest absolute Gasteiger partial charge is 0.208 e. The zero-order chi connectivity index (χ0) is 43.1. The molecule has 9 aromatic carbocycles. The fourth-order valence-electron chi connectivity index (χ4n) is 8.72. The van der Waals surface area contributed by atoms with Crippen molar-refractivity contribution in [2.24, 2.45) is 0 Å². The number of fused-ring (bicyclic) bond motifs is 4. The smallest absolute Gasteiger partial charge is 0.165 e. The molecule has 0 aliphatic rings. The molecule has 0 fully saturated rings. The van der Waals surface area contributed by atoms with Gasteiger partial charge in [0.15, 0.2) is 34.9 Å². The molecule has 0 saturated heterocycles. The van der Waals surface area contributed by atoms with Gasteiger partial charge in [-0.05, 0) is 45.2 Å². The third-order valence-corrected chi connectivity index (χ3v) is 13.0. The van der Waals surface area contributed by atoms with Gasteiger partial charge in [-0.3, -0.25) is 0 Å². The number of aromatic nitrogens is 6. The van der Waals surface area contributed by atoms with Gasteiger partial charge in [-0.25, -0.2) is 29.9 Å². The fourth-order valence-corrected chi connectivity index (χ4v) is 9.84. The summed E-state index contributed by atoms with van der Waals surface area (Å²) in [5.41, 5.74) is 9.75. The molecule has 12 rings (SSSR count). The standard InChI is InChI=1S/C58H36N6S/c1-4-17-37(18-5-1)43-26-12-13-27-46(43)56-60-53(40-20-6-2-7-21-40)59-55(62-56)42-33-31-39(32-34-42)45-35-36-50-51(48-28-14-15-30-49(48)65-50)52(45)58-63-54(41-22-8-3-9-23-41)61-57(64-58)47-29-16-24-38-19-10-11-25-44(38)47/h1-36H. The first kappa shape index (κ1) is 38.2. The summed E-state index contributed by atoms with van der Waals surface area (Å²) < 4.78 is 2.37. The van der Waals surface area contributed by atoms with E-state index in [1.807, 2.05) is 60.7 Å². The number of nitrogens with zero attached hydrogens (tertiary/aromatic N) is 6. The second kappa shape index (κ2) is 16.3. The second-order valence-electron chi connectivity index (χ2n) is 15.8. The molecule has 0 spiro atoms. The minimum Gasteiger partial charge on any atom is -0.208 e. The van der Waals surface area contributed by atoms with E-state index < -0.39 is 0 Å². The highest BCUT2D eigenvalue weighted by atomic mass is 32.1. The molecule has 0 aliphatic carbocycles. The molecule has 65 heavy (non-hydrogen) atoms. The second-order valence-corrected chi connectivity index (χ2v) is 16.9. The van der Waals surface area contributed by atoms with Gasteiger partial charge >= 0.3 is 0 Å². The van der Waals surface area contributed by atoms with E-state index in [1.54, 1.807) is 11.3 Å². The van der Waals surface area contributed by atoms with Crippen LogP contribution in [-0.4, -0.2) is 29.9 Å². The van der Waals surface area contributed by atoms with Crippen molar-refractivity contribution in [2.45, 2.75) is 0 Å². The number of hydrogen-bond donors (Lipinski definition) is 0. The molecule has 0 radical (unpaired) electrons. The highest BCUT2D eigenvalue weighted by Crippen LogP contribution is 2.45. The van der Waals surface area contributed by atoms with Gasteiger partial charge in [-0.15, -0.1) is 11.3 Å². The highest BCUT2D eigenvalue weighted by Gasteiger charge is 2.22. The molecule has 3 heterocycles. The first-order valence-electron chi connectivity index (χ1n) is 21.5. The Morgan fingerprint density at radius 1 is 0.246 bits per heavy atom. The number of rotatable bonds is 8. The predicted molar refractivity (Wildman–Crippen MR) is 267 cm³/mol. The first-order chi connectivity index (χ1) is 32.2. The summed E-state index contributed by atoms with van der Waals surface area (Å²) in [4.78, 5) is 31.2. The van der Waals surface area contributed by atoms with Gasteiger partial charge in [0, 0.05) is 53.6 Å². The van der Waals surface area contributed by atoms with Crippen LogP contribution in [0, 0.1) is 0 Å². The molecule has 0 saturated carbocycles. The maximum Gasteiger partial charge on any atom is 0.165 e. The Hall–Kier alpha value is -8.52. The van der Waals surface area contributed by atoms with Crippen LogP contribution in [0.3, 0.4) is 0 Å². The molecule has 0 aliphatic heterocycles. The summed E-state index contributed by atoms with van der Waals surface area (Å²) in [6.07, 6.45) is 0. The number of thiophene rings is 1. The Morgan fingerprint density at radius 2 is 0.692 bits per heavy atom. The summed E-state index contributed by atoms with van der Waals surface area (Å²) in [5, 5.41) is 4.49. The summed E-state index contributed by atoms with van der Waals surface area (Å²) in [5.74, 6) is 3.66. The average Bonchev–Trinajstić information content (AvgIpc) is 3.78. The Morgan fingerprint density at radius 3 is 1.38 bits per heavy atom. The van der Waals surface area contributed by atoms with Gasteiger partial charge in [-0.1, -0.05) is 206 Å². The van der Waals surface area contributed by atoms with E-state index in [9.17, 15) is 0 Å². The van der Waals surface area contributed by atoms with Crippen LogP contribution < -0.4 is 0 Å². The molecule has 0 bridgehead atoms. The molecule has 12 aromatic rings. The van der Waals surface area contributed by atoms with Crippen molar-refractivity contribution in [1.82, 2.24) is 29.9 Å². The molecule has 3 aromatic heterocycles. The monoisotopic (exact) mass is 848 g/mol. The van der Waals surface area contributed by atoms with Crippen LogP contribution in [0.15, 0.2) is 218 Å². The Balaban J connectivity index is 1.05. The van der Waals surface area contributed by atoms with E-state index >= 15 is 0 Å².